The van der Waals surface area contributed by atoms with Crippen LogP contribution in [0.2, 0.25) is 0 Å². The highest BCUT2D eigenvalue weighted by Crippen LogP contribution is 2.18. The summed E-state index contributed by atoms with van der Waals surface area (Å²) in [6, 6.07) is 14.2. The van der Waals surface area contributed by atoms with Crippen molar-refractivity contribution in [1.82, 2.24) is 0 Å². The van der Waals surface area contributed by atoms with Crippen LogP contribution in [-0.2, 0) is 4.79 Å². The summed E-state index contributed by atoms with van der Waals surface area (Å²) in [5.41, 5.74) is 1.85. The standard InChI is InChI=1S/C21H26N2O3/c1-3-5-9-20(24)22-17-7-6-8-18(15-17)23-21(25)16-10-12-19(13-11-16)26-14-4-2/h6-8,10-13,15H,3-5,9,14H2,1-2H3,(H,22,24)(H,23,25). The third kappa shape index (κ3) is 6.24. The van der Waals surface area contributed by atoms with Crippen LogP contribution < -0.4 is 15.4 Å². The molecule has 0 aromatic heterocycles. The summed E-state index contributed by atoms with van der Waals surface area (Å²) >= 11 is 0. The first-order valence-electron chi connectivity index (χ1n) is 9.06. The van der Waals surface area contributed by atoms with Gasteiger partial charge >= 0.3 is 0 Å². The van der Waals surface area contributed by atoms with E-state index in [0.29, 0.717) is 30.0 Å². The van der Waals surface area contributed by atoms with E-state index in [4.69, 9.17) is 4.74 Å². The molecular weight excluding hydrogens is 328 g/mol. The van der Waals surface area contributed by atoms with Crippen LogP contribution in [0.25, 0.3) is 0 Å². The van der Waals surface area contributed by atoms with E-state index in [0.717, 1.165) is 25.0 Å². The lowest BCUT2D eigenvalue weighted by Crippen LogP contribution is -2.13. The van der Waals surface area contributed by atoms with Gasteiger partial charge in [0.2, 0.25) is 5.91 Å². The van der Waals surface area contributed by atoms with Crippen LogP contribution in [0.15, 0.2) is 48.5 Å². The molecular formula is C21H26N2O3. The lowest BCUT2D eigenvalue weighted by Gasteiger charge is -2.09. The van der Waals surface area contributed by atoms with Gasteiger partial charge in [-0.1, -0.05) is 26.3 Å². The summed E-state index contributed by atoms with van der Waals surface area (Å²) < 4.78 is 5.52. The predicted molar refractivity (Wildman–Crippen MR) is 105 cm³/mol. The van der Waals surface area contributed by atoms with E-state index in [9.17, 15) is 9.59 Å². The predicted octanol–water partition coefficient (Wildman–Crippen LogP) is 4.86. The number of hydrogen-bond donors (Lipinski definition) is 2. The number of carbonyl (C=O) groups is 2. The first kappa shape index (κ1) is 19.5. The van der Waals surface area contributed by atoms with E-state index in [1.807, 2.05) is 13.8 Å². The van der Waals surface area contributed by atoms with Crippen molar-refractivity contribution in [3.63, 3.8) is 0 Å². The average Bonchev–Trinajstić information content (AvgIpc) is 2.65. The minimum atomic E-state index is -0.207. The highest BCUT2D eigenvalue weighted by atomic mass is 16.5. The Hall–Kier alpha value is -2.82. The van der Waals surface area contributed by atoms with Crippen molar-refractivity contribution in [2.45, 2.75) is 39.5 Å². The molecule has 0 atom stereocenters. The summed E-state index contributed by atoms with van der Waals surface area (Å²) in [6.45, 7) is 4.75. The lowest BCUT2D eigenvalue weighted by molar-refractivity contribution is -0.116. The first-order valence-corrected chi connectivity index (χ1v) is 9.06. The van der Waals surface area contributed by atoms with Crippen LogP contribution in [0.4, 0.5) is 11.4 Å². The van der Waals surface area contributed by atoms with Gasteiger partial charge in [0.05, 0.1) is 6.61 Å². The molecule has 0 unspecified atom stereocenters. The van der Waals surface area contributed by atoms with Gasteiger partial charge in [-0.05, 0) is 55.3 Å². The number of anilines is 2. The minimum Gasteiger partial charge on any atom is -0.494 e. The molecule has 138 valence electrons. The van der Waals surface area contributed by atoms with Crippen molar-refractivity contribution in [1.29, 1.82) is 0 Å². The van der Waals surface area contributed by atoms with Gasteiger partial charge in [-0.3, -0.25) is 9.59 Å². The summed E-state index contributed by atoms with van der Waals surface area (Å²) in [7, 11) is 0. The Bertz CT molecular complexity index is 726. The Labute approximate surface area is 154 Å². The number of ether oxygens (including phenoxy) is 1. The van der Waals surface area contributed by atoms with E-state index in [-0.39, 0.29) is 11.8 Å². The van der Waals surface area contributed by atoms with Crippen molar-refractivity contribution < 1.29 is 14.3 Å². The van der Waals surface area contributed by atoms with Crippen molar-refractivity contribution in [3.8, 4) is 5.75 Å². The zero-order valence-corrected chi connectivity index (χ0v) is 15.4. The van der Waals surface area contributed by atoms with Crippen molar-refractivity contribution in [2.24, 2.45) is 0 Å². The largest absolute Gasteiger partial charge is 0.494 e. The van der Waals surface area contributed by atoms with Gasteiger partial charge in [-0.15, -0.1) is 0 Å². The maximum Gasteiger partial charge on any atom is 0.255 e. The monoisotopic (exact) mass is 354 g/mol. The lowest BCUT2D eigenvalue weighted by atomic mass is 10.2. The Morgan fingerprint density at radius 3 is 2.27 bits per heavy atom. The second kappa shape index (κ2) is 10.2. The fourth-order valence-electron chi connectivity index (χ4n) is 2.36. The third-order valence-corrected chi connectivity index (χ3v) is 3.75. The van der Waals surface area contributed by atoms with Crippen LogP contribution in [0.5, 0.6) is 5.75 Å². The number of benzene rings is 2. The average molecular weight is 354 g/mol. The quantitative estimate of drug-likeness (QED) is 0.676. The van der Waals surface area contributed by atoms with Gasteiger partial charge in [-0.25, -0.2) is 0 Å². The van der Waals surface area contributed by atoms with Crippen molar-refractivity contribution >= 4 is 23.2 Å². The number of hydrogen-bond acceptors (Lipinski definition) is 3. The Morgan fingerprint density at radius 1 is 0.923 bits per heavy atom. The highest BCUT2D eigenvalue weighted by Gasteiger charge is 2.08. The van der Waals surface area contributed by atoms with Gasteiger partial charge in [0.15, 0.2) is 0 Å². The van der Waals surface area contributed by atoms with E-state index in [1.54, 1.807) is 48.5 Å². The summed E-state index contributed by atoms with van der Waals surface area (Å²) in [5, 5.41) is 5.70. The van der Waals surface area contributed by atoms with Crippen molar-refractivity contribution in [2.75, 3.05) is 17.2 Å². The second-order valence-electron chi connectivity index (χ2n) is 6.06. The fraction of sp³-hybridized carbons (Fsp3) is 0.333. The number of amides is 2. The van der Waals surface area contributed by atoms with E-state index >= 15 is 0 Å². The molecule has 2 amide bonds. The molecule has 2 aromatic carbocycles. The van der Waals surface area contributed by atoms with E-state index in [2.05, 4.69) is 10.6 Å². The maximum absolute atomic E-state index is 12.4. The SMILES string of the molecule is CCCCC(=O)Nc1cccc(NC(=O)c2ccc(OCCC)cc2)c1. The molecule has 0 saturated heterocycles. The van der Waals surface area contributed by atoms with Crippen LogP contribution in [0.1, 0.15) is 49.9 Å². The van der Waals surface area contributed by atoms with Gasteiger partial charge in [0, 0.05) is 23.4 Å². The van der Waals surface area contributed by atoms with Gasteiger partial charge < -0.3 is 15.4 Å². The van der Waals surface area contributed by atoms with Crippen LogP contribution in [0.3, 0.4) is 0 Å². The summed E-state index contributed by atoms with van der Waals surface area (Å²) in [4.78, 5) is 24.2. The first-order chi connectivity index (χ1) is 12.6. The van der Waals surface area contributed by atoms with Gasteiger partial charge in [0.25, 0.3) is 5.91 Å². The molecule has 0 aliphatic rings. The maximum atomic E-state index is 12.4. The molecule has 0 bridgehead atoms. The molecule has 5 heteroatoms. The molecule has 0 fully saturated rings. The number of unbranched alkanes of at least 4 members (excludes halogenated alkanes) is 1. The minimum absolute atomic E-state index is 0.0157. The zero-order valence-electron chi connectivity index (χ0n) is 15.4. The van der Waals surface area contributed by atoms with Crippen LogP contribution in [-0.4, -0.2) is 18.4 Å². The van der Waals surface area contributed by atoms with E-state index < -0.39 is 0 Å². The zero-order chi connectivity index (χ0) is 18.8. The topological polar surface area (TPSA) is 67.4 Å². The number of rotatable bonds is 9. The molecule has 0 saturated carbocycles. The molecule has 0 heterocycles. The molecule has 0 radical (unpaired) electrons. The molecule has 0 spiro atoms. The third-order valence-electron chi connectivity index (χ3n) is 3.75. The van der Waals surface area contributed by atoms with Gasteiger partial charge in [0.1, 0.15) is 5.75 Å². The van der Waals surface area contributed by atoms with Crippen LogP contribution >= 0.6 is 0 Å². The number of nitrogens with one attached hydrogen (secondary N) is 2. The van der Waals surface area contributed by atoms with Crippen LogP contribution in [0, 0.1) is 0 Å². The number of carbonyl (C=O) groups excluding carboxylic acids is 2. The second-order valence-corrected chi connectivity index (χ2v) is 6.06. The molecule has 5 nitrogen and oxygen atoms in total. The normalized spacial score (nSPS) is 10.2. The molecule has 2 N–H and O–H groups in total. The molecule has 2 rings (SSSR count). The molecule has 0 aliphatic carbocycles. The summed E-state index contributed by atoms with van der Waals surface area (Å²) in [5.74, 6) is 0.527. The molecule has 2 aromatic rings. The fourth-order valence-corrected chi connectivity index (χ4v) is 2.36. The highest BCUT2D eigenvalue weighted by molar-refractivity contribution is 6.04. The Morgan fingerprint density at radius 2 is 1.62 bits per heavy atom. The Balaban J connectivity index is 1.96. The Kier molecular flexibility index (Phi) is 7.68. The summed E-state index contributed by atoms with van der Waals surface area (Å²) in [6.07, 6.45) is 3.28. The van der Waals surface area contributed by atoms with Crippen molar-refractivity contribution in [3.05, 3.63) is 54.1 Å². The molecule has 26 heavy (non-hydrogen) atoms. The van der Waals surface area contributed by atoms with E-state index in [1.165, 1.54) is 0 Å². The smallest absolute Gasteiger partial charge is 0.255 e. The van der Waals surface area contributed by atoms with Gasteiger partial charge in [-0.2, -0.15) is 0 Å². The molecule has 0 aliphatic heterocycles.